The third-order valence-electron chi connectivity index (χ3n) is 3.36. The minimum Gasteiger partial charge on any atom is -0.293 e. The van der Waals surface area contributed by atoms with Gasteiger partial charge in [-0.2, -0.15) is 0 Å². The lowest BCUT2D eigenvalue weighted by atomic mass is 10.1. The summed E-state index contributed by atoms with van der Waals surface area (Å²) in [5.74, 6) is -0.338. The second-order valence-electron chi connectivity index (χ2n) is 5.00. The van der Waals surface area contributed by atoms with Crippen LogP contribution in [0.5, 0.6) is 0 Å². The number of carbonyl (C=O) groups is 1. The van der Waals surface area contributed by atoms with Crippen LogP contribution in [-0.2, 0) is 10.0 Å². The lowest BCUT2D eigenvalue weighted by Gasteiger charge is -2.08. The molecule has 0 aliphatic carbocycles. The zero-order valence-corrected chi connectivity index (χ0v) is 13.8. The molecule has 2 aromatic carbocycles. The van der Waals surface area contributed by atoms with E-state index in [1.54, 1.807) is 30.3 Å². The van der Waals surface area contributed by atoms with E-state index in [9.17, 15) is 13.2 Å². The quantitative estimate of drug-likeness (QED) is 0.853. The zero-order chi connectivity index (χ0) is 16.3. The summed E-state index contributed by atoms with van der Waals surface area (Å²) in [7, 11) is -3.72. The van der Waals surface area contributed by atoms with E-state index >= 15 is 0 Å². The van der Waals surface area contributed by atoms with Crippen molar-refractivity contribution in [1.82, 2.24) is 4.72 Å². The van der Waals surface area contributed by atoms with E-state index in [1.807, 2.05) is 13.8 Å². The van der Waals surface area contributed by atoms with Crippen molar-refractivity contribution in [3.63, 3.8) is 0 Å². The standard InChI is InChI=1S/C16H16ClNO3S/c1-11-6-7-15(8-12(11)2)22(20,21)18-10-16(19)13-4-3-5-14(17)9-13/h3-9,18H,10H2,1-2H3. The first-order valence-electron chi connectivity index (χ1n) is 6.65. The van der Waals surface area contributed by atoms with Gasteiger partial charge < -0.3 is 0 Å². The first-order chi connectivity index (χ1) is 10.3. The molecule has 0 saturated carbocycles. The fourth-order valence-corrected chi connectivity index (χ4v) is 3.15. The largest absolute Gasteiger partial charge is 0.293 e. The van der Waals surface area contributed by atoms with Crippen LogP contribution in [0.1, 0.15) is 21.5 Å². The Bertz CT molecular complexity index is 816. The van der Waals surface area contributed by atoms with Gasteiger partial charge in [0, 0.05) is 10.6 Å². The van der Waals surface area contributed by atoms with Gasteiger partial charge in [-0.05, 0) is 49.2 Å². The van der Waals surface area contributed by atoms with Crippen LogP contribution in [0.4, 0.5) is 0 Å². The number of Topliss-reactive ketones (excluding diaryl/α,β-unsaturated/α-hetero) is 1. The molecule has 116 valence electrons. The van der Waals surface area contributed by atoms with Crippen LogP contribution in [0.25, 0.3) is 0 Å². The van der Waals surface area contributed by atoms with E-state index in [0.29, 0.717) is 10.6 Å². The molecule has 0 saturated heterocycles. The molecule has 0 atom stereocenters. The number of ketones is 1. The second-order valence-corrected chi connectivity index (χ2v) is 7.21. The first kappa shape index (κ1) is 16.7. The van der Waals surface area contributed by atoms with Gasteiger partial charge in [0.15, 0.2) is 5.78 Å². The van der Waals surface area contributed by atoms with Gasteiger partial charge in [0.2, 0.25) is 10.0 Å². The Labute approximate surface area is 135 Å². The molecule has 0 aliphatic heterocycles. The highest BCUT2D eigenvalue weighted by molar-refractivity contribution is 7.89. The van der Waals surface area contributed by atoms with Gasteiger partial charge in [-0.1, -0.05) is 29.8 Å². The molecule has 0 spiro atoms. The zero-order valence-electron chi connectivity index (χ0n) is 12.3. The fourth-order valence-electron chi connectivity index (χ4n) is 1.89. The number of aryl methyl sites for hydroxylation is 2. The van der Waals surface area contributed by atoms with Gasteiger partial charge in [-0.3, -0.25) is 4.79 Å². The Hall–Kier alpha value is -1.69. The van der Waals surface area contributed by atoms with E-state index < -0.39 is 10.0 Å². The number of hydrogen-bond acceptors (Lipinski definition) is 3. The smallest absolute Gasteiger partial charge is 0.240 e. The third-order valence-corrected chi connectivity index (χ3v) is 4.99. The predicted molar refractivity (Wildman–Crippen MR) is 86.9 cm³/mol. The lowest BCUT2D eigenvalue weighted by molar-refractivity contribution is 0.0997. The van der Waals surface area contributed by atoms with Crippen molar-refractivity contribution < 1.29 is 13.2 Å². The van der Waals surface area contributed by atoms with Crippen LogP contribution in [0, 0.1) is 13.8 Å². The summed E-state index contributed by atoms with van der Waals surface area (Å²) in [6.45, 7) is 3.43. The Morgan fingerprint density at radius 2 is 1.82 bits per heavy atom. The van der Waals surface area contributed by atoms with Crippen molar-refractivity contribution in [3.8, 4) is 0 Å². The highest BCUT2D eigenvalue weighted by Crippen LogP contribution is 2.15. The van der Waals surface area contributed by atoms with E-state index in [-0.39, 0.29) is 17.2 Å². The summed E-state index contributed by atoms with van der Waals surface area (Å²) in [5.41, 5.74) is 2.26. The minimum absolute atomic E-state index is 0.148. The molecule has 0 aliphatic rings. The Balaban J connectivity index is 2.12. The van der Waals surface area contributed by atoms with E-state index in [2.05, 4.69) is 4.72 Å². The summed E-state index contributed by atoms with van der Waals surface area (Å²) in [5, 5.41) is 0.433. The van der Waals surface area contributed by atoms with Gasteiger partial charge in [-0.15, -0.1) is 0 Å². The van der Waals surface area contributed by atoms with Gasteiger partial charge in [-0.25, -0.2) is 13.1 Å². The van der Waals surface area contributed by atoms with Crippen molar-refractivity contribution in [2.75, 3.05) is 6.54 Å². The van der Waals surface area contributed by atoms with Crippen LogP contribution in [0.2, 0.25) is 5.02 Å². The number of nitrogens with one attached hydrogen (secondary N) is 1. The molecule has 0 unspecified atom stereocenters. The first-order valence-corrected chi connectivity index (χ1v) is 8.51. The number of rotatable bonds is 5. The maximum Gasteiger partial charge on any atom is 0.240 e. The molecule has 0 amide bonds. The monoisotopic (exact) mass is 337 g/mol. The molecule has 0 bridgehead atoms. The Kier molecular flexibility index (Phi) is 5.01. The molecule has 0 heterocycles. The molecule has 4 nitrogen and oxygen atoms in total. The summed E-state index contributed by atoms with van der Waals surface area (Å²) in [6, 6.07) is 11.2. The second kappa shape index (κ2) is 6.60. The predicted octanol–water partition coefficient (Wildman–Crippen LogP) is 3.12. The molecular weight excluding hydrogens is 322 g/mol. The summed E-state index contributed by atoms with van der Waals surface area (Å²) < 4.78 is 26.7. The number of hydrogen-bond donors (Lipinski definition) is 1. The SMILES string of the molecule is Cc1ccc(S(=O)(=O)NCC(=O)c2cccc(Cl)c2)cc1C. The van der Waals surface area contributed by atoms with Gasteiger partial charge in [0.1, 0.15) is 0 Å². The van der Waals surface area contributed by atoms with E-state index in [4.69, 9.17) is 11.6 Å². The number of benzene rings is 2. The maximum atomic E-state index is 12.2. The van der Waals surface area contributed by atoms with Crippen LogP contribution >= 0.6 is 11.6 Å². The van der Waals surface area contributed by atoms with Crippen LogP contribution < -0.4 is 4.72 Å². The Morgan fingerprint density at radius 3 is 2.45 bits per heavy atom. The van der Waals surface area contributed by atoms with E-state index in [1.165, 1.54) is 12.1 Å². The summed E-state index contributed by atoms with van der Waals surface area (Å²) in [4.78, 5) is 12.2. The summed E-state index contributed by atoms with van der Waals surface area (Å²) >= 11 is 5.82. The third kappa shape index (κ3) is 3.94. The molecule has 0 aromatic heterocycles. The fraction of sp³-hybridized carbons (Fsp3) is 0.188. The van der Waals surface area contributed by atoms with Crippen molar-refractivity contribution in [3.05, 3.63) is 64.2 Å². The average molecular weight is 338 g/mol. The topological polar surface area (TPSA) is 63.2 Å². The highest BCUT2D eigenvalue weighted by atomic mass is 35.5. The van der Waals surface area contributed by atoms with Crippen LogP contribution in [-0.4, -0.2) is 20.7 Å². The molecule has 0 radical (unpaired) electrons. The van der Waals surface area contributed by atoms with E-state index in [0.717, 1.165) is 11.1 Å². The van der Waals surface area contributed by atoms with Crippen molar-refractivity contribution in [2.24, 2.45) is 0 Å². The molecule has 22 heavy (non-hydrogen) atoms. The van der Waals surface area contributed by atoms with Crippen LogP contribution in [0.3, 0.4) is 0 Å². The molecule has 1 N–H and O–H groups in total. The van der Waals surface area contributed by atoms with Gasteiger partial charge >= 0.3 is 0 Å². The molecule has 6 heteroatoms. The average Bonchev–Trinajstić information content (AvgIpc) is 2.47. The van der Waals surface area contributed by atoms with Gasteiger partial charge in [0.25, 0.3) is 0 Å². The molecule has 2 aromatic rings. The lowest BCUT2D eigenvalue weighted by Crippen LogP contribution is -2.29. The molecule has 2 rings (SSSR count). The number of sulfonamides is 1. The van der Waals surface area contributed by atoms with Crippen molar-refractivity contribution in [1.29, 1.82) is 0 Å². The number of halogens is 1. The number of carbonyl (C=O) groups excluding carboxylic acids is 1. The molecule has 0 fully saturated rings. The Morgan fingerprint density at radius 1 is 1.09 bits per heavy atom. The van der Waals surface area contributed by atoms with Crippen LogP contribution in [0.15, 0.2) is 47.4 Å². The minimum atomic E-state index is -3.72. The normalized spacial score (nSPS) is 11.4. The highest BCUT2D eigenvalue weighted by Gasteiger charge is 2.16. The van der Waals surface area contributed by atoms with Gasteiger partial charge in [0.05, 0.1) is 11.4 Å². The molecular formula is C16H16ClNO3S. The van der Waals surface area contributed by atoms with Crippen molar-refractivity contribution >= 4 is 27.4 Å². The van der Waals surface area contributed by atoms with Crippen molar-refractivity contribution in [2.45, 2.75) is 18.7 Å². The maximum absolute atomic E-state index is 12.2. The summed E-state index contributed by atoms with van der Waals surface area (Å²) in [6.07, 6.45) is 0.